The van der Waals surface area contributed by atoms with E-state index in [0.717, 1.165) is 10.6 Å². The van der Waals surface area contributed by atoms with Crippen LogP contribution >= 0.6 is 35.0 Å². The van der Waals surface area contributed by atoms with E-state index in [-0.39, 0.29) is 17.8 Å². The van der Waals surface area contributed by atoms with Crippen molar-refractivity contribution in [1.82, 2.24) is 5.32 Å². The number of thioether (sulfide) groups is 1. The van der Waals surface area contributed by atoms with Gasteiger partial charge in [-0.2, -0.15) is 0 Å². The summed E-state index contributed by atoms with van der Waals surface area (Å²) >= 11 is 13.4. The normalized spacial score (nSPS) is 15.8. The molecule has 0 aromatic heterocycles. The standard InChI is InChI=1S/C17H15Cl2NO3S/c18-11-5-6-13(19)16(7-11)24-10-17(21)20-8-12-9-22-14-3-1-2-4-15(14)23-12/h1-7,12H,8-10H2,(H,20,21)/t12-/m0/s1. The summed E-state index contributed by atoms with van der Waals surface area (Å²) in [7, 11) is 0. The van der Waals surface area contributed by atoms with Gasteiger partial charge in [-0.1, -0.05) is 35.3 Å². The molecule has 0 spiro atoms. The lowest BCUT2D eigenvalue weighted by molar-refractivity contribution is -0.119. The topological polar surface area (TPSA) is 47.6 Å². The highest BCUT2D eigenvalue weighted by Crippen LogP contribution is 2.31. The van der Waals surface area contributed by atoms with E-state index < -0.39 is 0 Å². The molecule has 0 bridgehead atoms. The number of fused-ring (bicyclic) bond motifs is 1. The molecule has 2 aromatic rings. The molecule has 126 valence electrons. The van der Waals surface area contributed by atoms with Crippen molar-refractivity contribution in [2.45, 2.75) is 11.0 Å². The number of ether oxygens (including phenoxy) is 2. The second-order valence-electron chi connectivity index (χ2n) is 5.17. The number of carbonyl (C=O) groups excluding carboxylic acids is 1. The zero-order chi connectivity index (χ0) is 16.9. The molecule has 1 aliphatic heterocycles. The predicted molar refractivity (Wildman–Crippen MR) is 96.5 cm³/mol. The Labute approximate surface area is 154 Å². The summed E-state index contributed by atoms with van der Waals surface area (Å²) in [6.07, 6.45) is -0.205. The first-order valence-corrected chi connectivity index (χ1v) is 9.09. The average molecular weight is 384 g/mol. The number of para-hydroxylation sites is 2. The fraction of sp³-hybridized carbons (Fsp3) is 0.235. The fourth-order valence-corrected chi connectivity index (χ4v) is 3.50. The predicted octanol–water partition coefficient (Wildman–Crippen LogP) is 4.04. The molecule has 0 unspecified atom stereocenters. The van der Waals surface area contributed by atoms with Crippen molar-refractivity contribution in [2.75, 3.05) is 18.9 Å². The molecule has 1 N–H and O–H groups in total. The summed E-state index contributed by atoms with van der Waals surface area (Å²) in [6.45, 7) is 0.793. The molecule has 0 radical (unpaired) electrons. The number of nitrogens with one attached hydrogen (secondary N) is 1. The van der Waals surface area contributed by atoms with Crippen molar-refractivity contribution >= 4 is 40.9 Å². The van der Waals surface area contributed by atoms with Crippen LogP contribution in [0.1, 0.15) is 0 Å². The summed E-state index contributed by atoms with van der Waals surface area (Å²) in [4.78, 5) is 12.8. The third-order valence-corrected chi connectivity index (χ3v) is 5.08. The number of carbonyl (C=O) groups is 1. The van der Waals surface area contributed by atoms with Crippen molar-refractivity contribution in [2.24, 2.45) is 0 Å². The van der Waals surface area contributed by atoms with Crippen LogP contribution in [0.4, 0.5) is 0 Å². The molecule has 0 saturated heterocycles. The minimum Gasteiger partial charge on any atom is -0.486 e. The van der Waals surface area contributed by atoms with Gasteiger partial charge in [0.15, 0.2) is 11.5 Å². The van der Waals surface area contributed by atoms with Crippen molar-refractivity contribution in [1.29, 1.82) is 0 Å². The van der Waals surface area contributed by atoms with Gasteiger partial charge >= 0.3 is 0 Å². The molecule has 24 heavy (non-hydrogen) atoms. The molecule has 1 heterocycles. The Balaban J connectivity index is 1.46. The van der Waals surface area contributed by atoms with Gasteiger partial charge in [0.25, 0.3) is 0 Å². The van der Waals surface area contributed by atoms with Crippen LogP contribution in [0, 0.1) is 0 Å². The molecule has 2 aromatic carbocycles. The maximum Gasteiger partial charge on any atom is 0.230 e. The van der Waals surface area contributed by atoms with Gasteiger partial charge in [-0.25, -0.2) is 0 Å². The number of amides is 1. The third-order valence-electron chi connectivity index (χ3n) is 3.35. The molecule has 0 saturated carbocycles. The smallest absolute Gasteiger partial charge is 0.230 e. The molecule has 1 atom stereocenters. The van der Waals surface area contributed by atoms with Gasteiger partial charge in [0, 0.05) is 9.92 Å². The SMILES string of the molecule is O=C(CSc1cc(Cl)ccc1Cl)NC[C@H]1COc2ccccc2O1. The lowest BCUT2D eigenvalue weighted by Crippen LogP contribution is -2.41. The summed E-state index contributed by atoms with van der Waals surface area (Å²) in [5.41, 5.74) is 0. The van der Waals surface area contributed by atoms with E-state index in [1.54, 1.807) is 18.2 Å². The summed E-state index contributed by atoms with van der Waals surface area (Å²) in [5, 5.41) is 4.02. The molecule has 1 aliphatic rings. The first kappa shape index (κ1) is 17.3. The Kier molecular flexibility index (Phi) is 5.76. The number of rotatable bonds is 5. The van der Waals surface area contributed by atoms with Crippen LogP contribution in [-0.2, 0) is 4.79 Å². The van der Waals surface area contributed by atoms with Crippen LogP contribution in [0.2, 0.25) is 10.0 Å². The maximum absolute atomic E-state index is 12.0. The highest BCUT2D eigenvalue weighted by atomic mass is 35.5. The van der Waals surface area contributed by atoms with Crippen molar-refractivity contribution in [3.05, 3.63) is 52.5 Å². The molecule has 7 heteroatoms. The van der Waals surface area contributed by atoms with Crippen molar-refractivity contribution < 1.29 is 14.3 Å². The quantitative estimate of drug-likeness (QED) is 0.791. The number of hydrogen-bond acceptors (Lipinski definition) is 4. The Morgan fingerprint density at radius 2 is 2.00 bits per heavy atom. The van der Waals surface area contributed by atoms with Gasteiger partial charge in [-0.15, -0.1) is 11.8 Å². The van der Waals surface area contributed by atoms with Crippen LogP contribution in [-0.4, -0.2) is 30.9 Å². The van der Waals surface area contributed by atoms with Crippen LogP contribution in [0.15, 0.2) is 47.4 Å². The largest absolute Gasteiger partial charge is 0.486 e. The second kappa shape index (κ2) is 8.01. The van der Waals surface area contributed by atoms with E-state index in [9.17, 15) is 4.79 Å². The highest BCUT2D eigenvalue weighted by Gasteiger charge is 2.21. The Hall–Kier alpha value is -1.56. The molecule has 0 aliphatic carbocycles. The first-order chi connectivity index (χ1) is 11.6. The zero-order valence-electron chi connectivity index (χ0n) is 12.6. The number of halogens is 2. The van der Waals surface area contributed by atoms with Gasteiger partial charge in [0.05, 0.1) is 17.3 Å². The zero-order valence-corrected chi connectivity index (χ0v) is 15.0. The lowest BCUT2D eigenvalue weighted by atomic mass is 10.2. The van der Waals surface area contributed by atoms with E-state index in [4.69, 9.17) is 32.7 Å². The van der Waals surface area contributed by atoms with Gasteiger partial charge in [-0.05, 0) is 30.3 Å². The van der Waals surface area contributed by atoms with E-state index in [0.29, 0.717) is 28.9 Å². The van der Waals surface area contributed by atoms with Crippen molar-refractivity contribution in [3.8, 4) is 11.5 Å². The van der Waals surface area contributed by atoms with Crippen LogP contribution < -0.4 is 14.8 Å². The van der Waals surface area contributed by atoms with E-state index in [1.165, 1.54) is 11.8 Å². The van der Waals surface area contributed by atoms with Crippen LogP contribution in [0.5, 0.6) is 11.5 Å². The van der Waals surface area contributed by atoms with E-state index in [2.05, 4.69) is 5.32 Å². The molecule has 0 fully saturated rings. The Morgan fingerprint density at radius 3 is 2.83 bits per heavy atom. The monoisotopic (exact) mass is 383 g/mol. The molecular weight excluding hydrogens is 369 g/mol. The average Bonchev–Trinajstić information content (AvgIpc) is 2.60. The van der Waals surface area contributed by atoms with E-state index >= 15 is 0 Å². The molecular formula is C17H15Cl2NO3S. The van der Waals surface area contributed by atoms with Crippen LogP contribution in [0.3, 0.4) is 0 Å². The van der Waals surface area contributed by atoms with Crippen LogP contribution in [0.25, 0.3) is 0 Å². The Morgan fingerprint density at radius 1 is 1.21 bits per heavy atom. The lowest BCUT2D eigenvalue weighted by Gasteiger charge is -2.26. The van der Waals surface area contributed by atoms with Gasteiger partial charge in [0.1, 0.15) is 12.7 Å². The number of hydrogen-bond donors (Lipinski definition) is 1. The fourth-order valence-electron chi connectivity index (χ4n) is 2.17. The van der Waals surface area contributed by atoms with E-state index in [1.807, 2.05) is 24.3 Å². The Bertz CT molecular complexity index is 742. The first-order valence-electron chi connectivity index (χ1n) is 7.35. The number of benzene rings is 2. The molecule has 3 rings (SSSR count). The van der Waals surface area contributed by atoms with Gasteiger partial charge < -0.3 is 14.8 Å². The van der Waals surface area contributed by atoms with Crippen molar-refractivity contribution in [3.63, 3.8) is 0 Å². The highest BCUT2D eigenvalue weighted by molar-refractivity contribution is 8.00. The summed E-state index contributed by atoms with van der Waals surface area (Å²) < 4.78 is 11.4. The molecule has 4 nitrogen and oxygen atoms in total. The van der Waals surface area contributed by atoms with Gasteiger partial charge in [-0.3, -0.25) is 4.79 Å². The van der Waals surface area contributed by atoms with Gasteiger partial charge in [0.2, 0.25) is 5.91 Å². The molecule has 1 amide bonds. The summed E-state index contributed by atoms with van der Waals surface area (Å²) in [6, 6.07) is 12.7. The minimum absolute atomic E-state index is 0.0986. The maximum atomic E-state index is 12.0. The summed E-state index contributed by atoms with van der Waals surface area (Å²) in [5.74, 6) is 1.58. The second-order valence-corrected chi connectivity index (χ2v) is 7.03. The minimum atomic E-state index is -0.205. The third kappa shape index (κ3) is 4.50.